The molecule has 1 saturated heterocycles. The van der Waals surface area contributed by atoms with E-state index in [0.717, 1.165) is 24.4 Å². The third kappa shape index (κ3) is 3.83. The van der Waals surface area contributed by atoms with Crippen LogP contribution in [0.5, 0.6) is 5.75 Å². The lowest BCUT2D eigenvalue weighted by Crippen LogP contribution is -2.52. The van der Waals surface area contributed by atoms with Crippen molar-refractivity contribution in [1.82, 2.24) is 4.90 Å². The molecular weight excluding hydrogens is 318 g/mol. The fraction of sp³-hybridized carbons (Fsp3) is 0.526. The Hall–Kier alpha value is -2.37. The molecule has 0 aromatic heterocycles. The lowest BCUT2D eigenvalue weighted by molar-refractivity contribution is -0.138. The molecule has 6 heteroatoms. The first kappa shape index (κ1) is 19.0. The Bertz CT molecular complexity index is 674. The van der Waals surface area contributed by atoms with Crippen LogP contribution in [0.15, 0.2) is 35.0 Å². The van der Waals surface area contributed by atoms with Crippen LogP contribution in [0.2, 0.25) is 0 Å². The number of hydrogen-bond acceptors (Lipinski definition) is 5. The number of carbonyl (C=O) groups is 1. The maximum Gasteiger partial charge on any atom is 0.232 e. The minimum Gasteiger partial charge on any atom is -0.494 e. The summed E-state index contributed by atoms with van der Waals surface area (Å²) >= 11 is 0. The van der Waals surface area contributed by atoms with E-state index in [1.54, 1.807) is 6.07 Å². The maximum absolute atomic E-state index is 12.8. The van der Waals surface area contributed by atoms with Crippen LogP contribution in [0.25, 0.3) is 0 Å². The number of methoxy groups -OCH3 is 1. The molecule has 0 bridgehead atoms. The quantitative estimate of drug-likeness (QED) is 0.602. The largest absolute Gasteiger partial charge is 0.494 e. The van der Waals surface area contributed by atoms with E-state index in [1.807, 2.05) is 50.8 Å². The van der Waals surface area contributed by atoms with Crippen molar-refractivity contribution < 1.29 is 9.53 Å². The SMILES string of the molecule is C/C=C(\C)C(C)(C)C(=O)N1CCN(c2ccc(N=O)c(OC)c2)CC1. The van der Waals surface area contributed by atoms with Crippen molar-refractivity contribution in [3.63, 3.8) is 0 Å². The van der Waals surface area contributed by atoms with Gasteiger partial charge < -0.3 is 14.5 Å². The predicted molar refractivity (Wildman–Crippen MR) is 100 cm³/mol. The minimum atomic E-state index is -0.475. The van der Waals surface area contributed by atoms with Crippen molar-refractivity contribution in [2.75, 3.05) is 38.2 Å². The van der Waals surface area contributed by atoms with Gasteiger partial charge >= 0.3 is 0 Å². The number of benzene rings is 1. The summed E-state index contributed by atoms with van der Waals surface area (Å²) in [4.78, 5) is 27.7. The van der Waals surface area contributed by atoms with Gasteiger partial charge in [0.2, 0.25) is 5.91 Å². The number of anilines is 1. The van der Waals surface area contributed by atoms with Gasteiger partial charge in [-0.1, -0.05) is 11.6 Å². The summed E-state index contributed by atoms with van der Waals surface area (Å²) in [5.74, 6) is 0.636. The molecule has 2 rings (SSSR count). The van der Waals surface area contributed by atoms with Crippen LogP contribution >= 0.6 is 0 Å². The zero-order valence-electron chi connectivity index (χ0n) is 15.7. The number of ether oxygens (including phenoxy) is 1. The zero-order valence-corrected chi connectivity index (χ0v) is 15.7. The van der Waals surface area contributed by atoms with Gasteiger partial charge in [-0.05, 0) is 45.0 Å². The van der Waals surface area contributed by atoms with Crippen LogP contribution in [-0.4, -0.2) is 44.1 Å². The highest BCUT2D eigenvalue weighted by molar-refractivity contribution is 5.85. The lowest BCUT2D eigenvalue weighted by Gasteiger charge is -2.40. The molecule has 0 unspecified atom stereocenters. The van der Waals surface area contributed by atoms with E-state index in [4.69, 9.17) is 4.74 Å². The third-order valence-electron chi connectivity index (χ3n) is 5.15. The minimum absolute atomic E-state index is 0.167. The van der Waals surface area contributed by atoms with Gasteiger partial charge in [-0.2, -0.15) is 0 Å². The first-order chi connectivity index (χ1) is 11.8. The molecule has 1 fully saturated rings. The Kier molecular flexibility index (Phi) is 5.82. The summed E-state index contributed by atoms with van der Waals surface area (Å²) in [6.45, 7) is 10.8. The van der Waals surface area contributed by atoms with E-state index in [1.165, 1.54) is 7.11 Å². The summed E-state index contributed by atoms with van der Waals surface area (Å²) in [5, 5.41) is 2.96. The molecule has 0 atom stereocenters. The van der Waals surface area contributed by atoms with Crippen molar-refractivity contribution in [2.24, 2.45) is 10.6 Å². The highest BCUT2D eigenvalue weighted by atomic mass is 16.5. The number of piperazine rings is 1. The number of nitroso groups, excluding NO2 is 1. The van der Waals surface area contributed by atoms with Crippen LogP contribution in [0.3, 0.4) is 0 Å². The Balaban J connectivity index is 2.07. The van der Waals surface area contributed by atoms with Gasteiger partial charge in [0.1, 0.15) is 11.4 Å². The second-order valence-electron chi connectivity index (χ2n) is 6.82. The second kappa shape index (κ2) is 7.68. The van der Waals surface area contributed by atoms with Gasteiger partial charge in [0, 0.05) is 37.9 Å². The average Bonchev–Trinajstić information content (AvgIpc) is 2.66. The molecule has 1 aliphatic rings. The van der Waals surface area contributed by atoms with Gasteiger partial charge in [0.05, 0.1) is 12.5 Å². The maximum atomic E-state index is 12.8. The predicted octanol–water partition coefficient (Wildman–Crippen LogP) is 3.73. The number of carbonyl (C=O) groups excluding carboxylic acids is 1. The van der Waals surface area contributed by atoms with E-state index in [0.29, 0.717) is 24.5 Å². The molecule has 1 aliphatic heterocycles. The fourth-order valence-corrected chi connectivity index (χ4v) is 3.03. The monoisotopic (exact) mass is 345 g/mol. The second-order valence-corrected chi connectivity index (χ2v) is 6.82. The van der Waals surface area contributed by atoms with Crippen LogP contribution in [0, 0.1) is 10.3 Å². The van der Waals surface area contributed by atoms with Gasteiger partial charge in [-0.3, -0.25) is 4.79 Å². The normalized spacial score (nSPS) is 16.0. The number of hydrogen-bond donors (Lipinski definition) is 0. The average molecular weight is 345 g/mol. The van der Waals surface area contributed by atoms with E-state index in [-0.39, 0.29) is 5.91 Å². The summed E-state index contributed by atoms with van der Waals surface area (Å²) in [5.41, 5.74) is 1.88. The van der Waals surface area contributed by atoms with Crippen LogP contribution < -0.4 is 9.64 Å². The molecule has 0 saturated carbocycles. The van der Waals surface area contributed by atoms with E-state index in [9.17, 15) is 9.70 Å². The lowest BCUT2D eigenvalue weighted by atomic mass is 9.83. The van der Waals surface area contributed by atoms with Crippen LogP contribution in [-0.2, 0) is 4.79 Å². The molecule has 1 aromatic rings. The van der Waals surface area contributed by atoms with Crippen LogP contribution in [0.4, 0.5) is 11.4 Å². The Morgan fingerprint density at radius 1 is 1.24 bits per heavy atom. The molecule has 1 aromatic carbocycles. The van der Waals surface area contributed by atoms with Gasteiger partial charge in [0.15, 0.2) is 0 Å². The van der Waals surface area contributed by atoms with Crippen molar-refractivity contribution in [1.29, 1.82) is 0 Å². The number of rotatable bonds is 5. The Labute approximate surface area is 149 Å². The molecule has 0 radical (unpaired) electrons. The summed E-state index contributed by atoms with van der Waals surface area (Å²) in [6.07, 6.45) is 2.00. The fourth-order valence-electron chi connectivity index (χ4n) is 3.03. The zero-order chi connectivity index (χ0) is 18.6. The molecule has 136 valence electrons. The summed E-state index contributed by atoms with van der Waals surface area (Å²) < 4.78 is 5.22. The molecule has 25 heavy (non-hydrogen) atoms. The van der Waals surface area contributed by atoms with E-state index in [2.05, 4.69) is 10.1 Å². The van der Waals surface area contributed by atoms with Gasteiger partial charge in [-0.25, -0.2) is 0 Å². The van der Waals surface area contributed by atoms with E-state index < -0.39 is 5.41 Å². The smallest absolute Gasteiger partial charge is 0.232 e. The molecule has 1 heterocycles. The standard InChI is InChI=1S/C19H27N3O3/c1-6-14(2)19(3,4)18(23)22-11-9-21(10-12-22)15-7-8-16(20-24)17(13-15)25-5/h6-8,13H,9-12H2,1-5H3/b14-6+. The molecular formula is C19H27N3O3. The Morgan fingerprint density at radius 3 is 2.40 bits per heavy atom. The third-order valence-corrected chi connectivity index (χ3v) is 5.15. The summed E-state index contributed by atoms with van der Waals surface area (Å²) in [7, 11) is 1.52. The highest BCUT2D eigenvalue weighted by Gasteiger charge is 2.34. The van der Waals surface area contributed by atoms with Gasteiger partial charge in [-0.15, -0.1) is 4.91 Å². The Morgan fingerprint density at radius 2 is 1.88 bits per heavy atom. The first-order valence-electron chi connectivity index (χ1n) is 8.54. The molecule has 0 spiro atoms. The first-order valence-corrected chi connectivity index (χ1v) is 8.54. The topological polar surface area (TPSA) is 62.2 Å². The molecule has 1 amide bonds. The van der Waals surface area contributed by atoms with Crippen LogP contribution in [0.1, 0.15) is 27.7 Å². The molecule has 6 nitrogen and oxygen atoms in total. The highest BCUT2D eigenvalue weighted by Crippen LogP contribution is 2.33. The molecule has 0 aliphatic carbocycles. The number of amides is 1. The summed E-state index contributed by atoms with van der Waals surface area (Å²) in [6, 6.07) is 5.35. The number of nitrogens with zero attached hydrogens (tertiary/aromatic N) is 3. The van der Waals surface area contributed by atoms with Crippen molar-refractivity contribution in [3.8, 4) is 5.75 Å². The van der Waals surface area contributed by atoms with E-state index >= 15 is 0 Å². The van der Waals surface area contributed by atoms with Crippen molar-refractivity contribution >= 4 is 17.3 Å². The number of allylic oxidation sites excluding steroid dienone is 1. The van der Waals surface area contributed by atoms with Gasteiger partial charge in [0.25, 0.3) is 0 Å². The van der Waals surface area contributed by atoms with Crippen molar-refractivity contribution in [2.45, 2.75) is 27.7 Å². The van der Waals surface area contributed by atoms with Crippen molar-refractivity contribution in [3.05, 3.63) is 34.8 Å². The molecule has 0 N–H and O–H groups in total.